The molecular weight excluding hydrogens is 352 g/mol. The van der Waals surface area contributed by atoms with Gasteiger partial charge in [0, 0.05) is 17.9 Å². The van der Waals surface area contributed by atoms with Gasteiger partial charge in [0.15, 0.2) is 11.5 Å². The summed E-state index contributed by atoms with van der Waals surface area (Å²) in [4.78, 5) is 8.85. The van der Waals surface area contributed by atoms with Crippen LogP contribution >= 0.6 is 0 Å². The van der Waals surface area contributed by atoms with Gasteiger partial charge in [-0.2, -0.15) is 0 Å². The van der Waals surface area contributed by atoms with Crippen LogP contribution in [0.25, 0.3) is 10.9 Å². The lowest BCUT2D eigenvalue weighted by atomic mass is 10.1. The zero-order chi connectivity index (χ0) is 19.3. The molecule has 28 heavy (non-hydrogen) atoms. The van der Waals surface area contributed by atoms with Crippen molar-refractivity contribution in [3.8, 4) is 23.0 Å². The molecule has 0 atom stereocenters. The predicted molar refractivity (Wildman–Crippen MR) is 108 cm³/mol. The van der Waals surface area contributed by atoms with Gasteiger partial charge in [0.2, 0.25) is 0 Å². The van der Waals surface area contributed by atoms with Crippen molar-refractivity contribution in [2.75, 3.05) is 14.2 Å². The molecule has 0 fully saturated rings. The van der Waals surface area contributed by atoms with E-state index in [1.807, 2.05) is 66.7 Å². The first kappa shape index (κ1) is 17.8. The van der Waals surface area contributed by atoms with Crippen LogP contribution in [-0.2, 0) is 6.42 Å². The molecule has 5 nitrogen and oxygen atoms in total. The Balaban J connectivity index is 1.59. The van der Waals surface area contributed by atoms with Crippen molar-refractivity contribution in [2.24, 2.45) is 0 Å². The summed E-state index contributed by atoms with van der Waals surface area (Å²) in [6, 6.07) is 21.6. The molecule has 0 N–H and O–H groups in total. The molecule has 140 valence electrons. The van der Waals surface area contributed by atoms with Crippen LogP contribution in [-0.4, -0.2) is 24.2 Å². The van der Waals surface area contributed by atoms with Gasteiger partial charge in [0.05, 0.1) is 25.4 Å². The summed E-state index contributed by atoms with van der Waals surface area (Å²) in [5.41, 5.74) is 2.89. The third-order valence-corrected chi connectivity index (χ3v) is 4.50. The number of hydrogen-bond donors (Lipinski definition) is 0. The molecule has 0 spiro atoms. The average Bonchev–Trinajstić information content (AvgIpc) is 2.75. The van der Waals surface area contributed by atoms with Crippen LogP contribution in [0.3, 0.4) is 0 Å². The van der Waals surface area contributed by atoms with E-state index < -0.39 is 0 Å². The lowest BCUT2D eigenvalue weighted by Crippen LogP contribution is -1.98. The molecule has 0 amide bonds. The molecule has 1 aromatic heterocycles. The van der Waals surface area contributed by atoms with E-state index in [-0.39, 0.29) is 0 Å². The van der Waals surface area contributed by atoms with E-state index in [1.54, 1.807) is 20.5 Å². The third-order valence-electron chi connectivity index (χ3n) is 4.50. The lowest BCUT2D eigenvalue weighted by Gasteiger charge is -2.11. The Morgan fingerprint density at radius 1 is 0.750 bits per heavy atom. The summed E-state index contributed by atoms with van der Waals surface area (Å²) in [6.45, 7) is 0. The SMILES string of the molecule is COc1cc2ncnc(Cc3ccc(Oc4ccccc4)cc3)c2cc1OC. The Kier molecular flexibility index (Phi) is 5.06. The van der Waals surface area contributed by atoms with Gasteiger partial charge in [-0.15, -0.1) is 0 Å². The highest BCUT2D eigenvalue weighted by Crippen LogP contribution is 2.32. The van der Waals surface area contributed by atoms with Crippen molar-refractivity contribution in [1.29, 1.82) is 0 Å². The van der Waals surface area contributed by atoms with Crippen molar-refractivity contribution in [3.05, 3.63) is 84.3 Å². The van der Waals surface area contributed by atoms with Crippen molar-refractivity contribution in [3.63, 3.8) is 0 Å². The van der Waals surface area contributed by atoms with Crippen LogP contribution in [0.15, 0.2) is 73.1 Å². The average molecular weight is 372 g/mol. The number of rotatable bonds is 6. The molecule has 3 aromatic carbocycles. The highest BCUT2D eigenvalue weighted by Gasteiger charge is 2.11. The van der Waals surface area contributed by atoms with Gasteiger partial charge in [-0.3, -0.25) is 0 Å². The normalized spacial score (nSPS) is 10.6. The minimum absolute atomic E-state index is 0.655. The van der Waals surface area contributed by atoms with Crippen LogP contribution in [0.5, 0.6) is 23.0 Å². The first-order valence-electron chi connectivity index (χ1n) is 8.94. The maximum atomic E-state index is 5.85. The first-order valence-corrected chi connectivity index (χ1v) is 8.94. The number of ether oxygens (including phenoxy) is 3. The van der Waals surface area contributed by atoms with Crippen LogP contribution in [0.4, 0.5) is 0 Å². The van der Waals surface area contributed by atoms with Crippen LogP contribution < -0.4 is 14.2 Å². The largest absolute Gasteiger partial charge is 0.493 e. The number of para-hydroxylation sites is 1. The van der Waals surface area contributed by atoms with E-state index >= 15 is 0 Å². The Labute approximate surface area is 163 Å². The summed E-state index contributed by atoms with van der Waals surface area (Å²) in [7, 11) is 3.24. The smallest absolute Gasteiger partial charge is 0.162 e. The topological polar surface area (TPSA) is 53.5 Å². The number of methoxy groups -OCH3 is 2. The van der Waals surface area contributed by atoms with Crippen LogP contribution in [0, 0.1) is 0 Å². The molecular formula is C23H20N2O3. The number of aromatic nitrogens is 2. The van der Waals surface area contributed by atoms with E-state index in [0.29, 0.717) is 17.9 Å². The van der Waals surface area contributed by atoms with Crippen LogP contribution in [0.2, 0.25) is 0 Å². The third kappa shape index (κ3) is 3.74. The van der Waals surface area contributed by atoms with Gasteiger partial charge >= 0.3 is 0 Å². The molecule has 1 heterocycles. The van der Waals surface area contributed by atoms with Gasteiger partial charge in [0.1, 0.15) is 17.8 Å². The standard InChI is InChI=1S/C23H20N2O3/c1-26-22-13-19-20(24-15-25-21(19)14-23(22)27-2)12-16-8-10-18(11-9-16)28-17-6-4-3-5-7-17/h3-11,13-15H,12H2,1-2H3. The fraction of sp³-hybridized carbons (Fsp3) is 0.130. The Morgan fingerprint density at radius 2 is 1.43 bits per heavy atom. The maximum absolute atomic E-state index is 5.85. The van der Waals surface area contributed by atoms with E-state index in [2.05, 4.69) is 9.97 Å². The molecule has 0 saturated carbocycles. The molecule has 0 radical (unpaired) electrons. The highest BCUT2D eigenvalue weighted by molar-refractivity contribution is 5.84. The molecule has 0 aliphatic heterocycles. The van der Waals surface area contributed by atoms with Gasteiger partial charge < -0.3 is 14.2 Å². The van der Waals surface area contributed by atoms with Crippen molar-refractivity contribution in [1.82, 2.24) is 9.97 Å². The second-order valence-corrected chi connectivity index (χ2v) is 6.28. The van der Waals surface area contributed by atoms with Gasteiger partial charge in [-0.1, -0.05) is 30.3 Å². The number of hydrogen-bond acceptors (Lipinski definition) is 5. The molecule has 0 saturated heterocycles. The highest BCUT2D eigenvalue weighted by atomic mass is 16.5. The molecule has 4 rings (SSSR count). The molecule has 0 unspecified atom stereocenters. The Hall–Kier alpha value is -3.60. The van der Waals surface area contributed by atoms with Crippen molar-refractivity contribution >= 4 is 10.9 Å². The molecule has 0 aliphatic rings. The van der Waals surface area contributed by atoms with E-state index in [4.69, 9.17) is 14.2 Å². The summed E-state index contributed by atoms with van der Waals surface area (Å²) in [5, 5.41) is 0.949. The second-order valence-electron chi connectivity index (χ2n) is 6.28. The fourth-order valence-corrected chi connectivity index (χ4v) is 3.07. The zero-order valence-corrected chi connectivity index (χ0v) is 15.8. The maximum Gasteiger partial charge on any atom is 0.162 e. The summed E-state index contributed by atoms with van der Waals surface area (Å²) >= 11 is 0. The lowest BCUT2D eigenvalue weighted by molar-refractivity contribution is 0.355. The predicted octanol–water partition coefficient (Wildman–Crippen LogP) is 5.03. The Bertz CT molecular complexity index is 1080. The summed E-state index contributed by atoms with van der Waals surface area (Å²) < 4.78 is 16.6. The molecule has 0 aliphatic carbocycles. The molecule has 0 bridgehead atoms. The van der Waals surface area contributed by atoms with Gasteiger partial charge in [-0.05, 0) is 35.9 Å². The van der Waals surface area contributed by atoms with Gasteiger partial charge in [0.25, 0.3) is 0 Å². The summed E-state index contributed by atoms with van der Waals surface area (Å²) in [5.74, 6) is 2.94. The minimum Gasteiger partial charge on any atom is -0.493 e. The number of fused-ring (bicyclic) bond motifs is 1. The quantitative estimate of drug-likeness (QED) is 0.475. The minimum atomic E-state index is 0.655. The fourth-order valence-electron chi connectivity index (χ4n) is 3.07. The van der Waals surface area contributed by atoms with E-state index in [1.165, 1.54) is 0 Å². The Morgan fingerprint density at radius 3 is 2.14 bits per heavy atom. The number of nitrogens with zero attached hydrogens (tertiary/aromatic N) is 2. The second kappa shape index (κ2) is 7.96. The monoisotopic (exact) mass is 372 g/mol. The first-order chi connectivity index (χ1) is 13.8. The van der Waals surface area contributed by atoms with Crippen molar-refractivity contribution < 1.29 is 14.2 Å². The molecule has 5 heteroatoms. The van der Waals surface area contributed by atoms with E-state index in [0.717, 1.165) is 33.7 Å². The molecule has 4 aromatic rings. The van der Waals surface area contributed by atoms with E-state index in [9.17, 15) is 0 Å². The van der Waals surface area contributed by atoms with Crippen LogP contribution in [0.1, 0.15) is 11.3 Å². The summed E-state index contributed by atoms with van der Waals surface area (Å²) in [6.07, 6.45) is 2.26. The van der Waals surface area contributed by atoms with Crippen molar-refractivity contribution in [2.45, 2.75) is 6.42 Å². The van der Waals surface area contributed by atoms with Gasteiger partial charge in [-0.25, -0.2) is 9.97 Å². The number of benzene rings is 3. The zero-order valence-electron chi connectivity index (χ0n) is 15.8.